The van der Waals surface area contributed by atoms with Gasteiger partial charge in [-0.25, -0.2) is 4.39 Å². The van der Waals surface area contributed by atoms with Gasteiger partial charge in [0.15, 0.2) is 0 Å². The maximum atomic E-state index is 13.7. The number of nitrogens with zero attached hydrogens (tertiary/aromatic N) is 1. The van der Waals surface area contributed by atoms with Crippen molar-refractivity contribution in [2.75, 3.05) is 11.4 Å². The maximum absolute atomic E-state index is 13.7. The van der Waals surface area contributed by atoms with E-state index >= 15 is 0 Å². The van der Waals surface area contributed by atoms with Crippen molar-refractivity contribution >= 4 is 29.2 Å². The molecule has 1 heterocycles. The van der Waals surface area contributed by atoms with Gasteiger partial charge >= 0.3 is 5.97 Å². The van der Waals surface area contributed by atoms with Gasteiger partial charge in [-0.1, -0.05) is 17.7 Å². The number of anilines is 1. The van der Waals surface area contributed by atoms with Crippen LogP contribution in [0.4, 0.5) is 10.1 Å². The Hall–Kier alpha value is -2.60. The molecule has 1 N–H and O–H groups in total. The monoisotopic (exact) mass is 363 g/mol. The van der Waals surface area contributed by atoms with Gasteiger partial charge < -0.3 is 14.7 Å². The quantitative estimate of drug-likeness (QED) is 0.883. The average Bonchev–Trinajstić information content (AvgIpc) is 2.97. The zero-order valence-corrected chi connectivity index (χ0v) is 13.9. The van der Waals surface area contributed by atoms with Crippen molar-refractivity contribution in [2.24, 2.45) is 5.92 Å². The fourth-order valence-corrected chi connectivity index (χ4v) is 2.89. The largest absolute Gasteiger partial charge is 0.489 e. The number of carboxylic acid groups (broad SMARTS) is 1. The van der Waals surface area contributed by atoms with E-state index in [2.05, 4.69) is 0 Å². The molecule has 0 aromatic heterocycles. The summed E-state index contributed by atoms with van der Waals surface area (Å²) in [6.07, 6.45) is -0.000627. The van der Waals surface area contributed by atoms with E-state index in [9.17, 15) is 14.0 Å². The lowest BCUT2D eigenvalue weighted by atomic mass is 10.1. The molecular formula is C18H15ClFNO4. The molecule has 1 fully saturated rings. The Bertz CT molecular complexity index is 789. The number of ether oxygens (including phenoxy) is 1. The molecule has 0 bridgehead atoms. The highest BCUT2D eigenvalue weighted by molar-refractivity contribution is 6.31. The summed E-state index contributed by atoms with van der Waals surface area (Å²) in [5.74, 6) is -1.83. The summed E-state index contributed by atoms with van der Waals surface area (Å²) in [6, 6.07) is 11.0. The molecule has 7 heteroatoms. The van der Waals surface area contributed by atoms with Crippen LogP contribution >= 0.6 is 11.6 Å². The van der Waals surface area contributed by atoms with Crippen LogP contribution in [0.5, 0.6) is 5.75 Å². The van der Waals surface area contributed by atoms with Crippen molar-refractivity contribution in [3.05, 3.63) is 58.9 Å². The molecule has 2 aromatic rings. The molecule has 0 unspecified atom stereocenters. The van der Waals surface area contributed by atoms with Crippen LogP contribution in [0.15, 0.2) is 42.5 Å². The zero-order valence-electron chi connectivity index (χ0n) is 13.1. The minimum atomic E-state index is -0.974. The van der Waals surface area contributed by atoms with Crippen LogP contribution in [0.1, 0.15) is 12.0 Å². The van der Waals surface area contributed by atoms with Gasteiger partial charge in [0.1, 0.15) is 18.2 Å². The summed E-state index contributed by atoms with van der Waals surface area (Å²) < 4.78 is 19.2. The third-order valence-corrected chi connectivity index (χ3v) is 4.42. The van der Waals surface area contributed by atoms with Crippen LogP contribution in [0.3, 0.4) is 0 Å². The maximum Gasteiger partial charge on any atom is 0.308 e. The van der Waals surface area contributed by atoms with Crippen LogP contribution < -0.4 is 9.64 Å². The van der Waals surface area contributed by atoms with E-state index in [0.29, 0.717) is 16.5 Å². The third-order valence-electron chi connectivity index (χ3n) is 4.07. The van der Waals surface area contributed by atoms with Crippen molar-refractivity contribution < 1.29 is 23.8 Å². The fraction of sp³-hybridized carbons (Fsp3) is 0.222. The highest BCUT2D eigenvalue weighted by atomic mass is 35.5. The number of carboxylic acids is 1. The predicted molar refractivity (Wildman–Crippen MR) is 90.3 cm³/mol. The Morgan fingerprint density at radius 2 is 2.00 bits per heavy atom. The highest BCUT2D eigenvalue weighted by Crippen LogP contribution is 2.28. The number of carbonyl (C=O) groups is 2. The molecule has 0 radical (unpaired) electrons. The number of aliphatic carboxylic acids is 1. The first-order valence-electron chi connectivity index (χ1n) is 7.64. The summed E-state index contributed by atoms with van der Waals surface area (Å²) in [6.45, 7) is 0.133. The van der Waals surface area contributed by atoms with Crippen LogP contribution in [0.2, 0.25) is 5.02 Å². The number of rotatable bonds is 5. The predicted octanol–water partition coefficient (Wildman–Crippen LogP) is 3.50. The van der Waals surface area contributed by atoms with E-state index < -0.39 is 17.7 Å². The Labute approximate surface area is 148 Å². The van der Waals surface area contributed by atoms with E-state index in [4.69, 9.17) is 21.4 Å². The number of halogens is 2. The van der Waals surface area contributed by atoms with Gasteiger partial charge in [-0.05, 0) is 36.4 Å². The van der Waals surface area contributed by atoms with Gasteiger partial charge in [0.25, 0.3) is 0 Å². The summed E-state index contributed by atoms with van der Waals surface area (Å²) in [5, 5.41) is 9.31. The Kier molecular flexibility index (Phi) is 4.90. The normalized spacial score (nSPS) is 17.0. The molecule has 0 aliphatic carbocycles. The SMILES string of the molecule is O=C(O)[C@@H]1CC(=O)N(c2ccc(OCc3c(F)cccc3Cl)cc2)C1. The Morgan fingerprint density at radius 1 is 1.28 bits per heavy atom. The molecule has 0 saturated carbocycles. The molecule has 1 aliphatic heterocycles. The van der Waals surface area contributed by atoms with Crippen LogP contribution in [-0.2, 0) is 16.2 Å². The van der Waals surface area contributed by atoms with Crippen molar-refractivity contribution in [1.29, 1.82) is 0 Å². The first kappa shape index (κ1) is 17.2. The molecule has 1 atom stereocenters. The first-order chi connectivity index (χ1) is 12.0. The number of hydrogen-bond acceptors (Lipinski definition) is 3. The smallest absolute Gasteiger partial charge is 0.308 e. The van der Waals surface area contributed by atoms with E-state index in [-0.39, 0.29) is 31.0 Å². The molecule has 1 saturated heterocycles. The Balaban J connectivity index is 1.67. The summed E-state index contributed by atoms with van der Waals surface area (Å²) >= 11 is 5.95. The molecule has 1 aliphatic rings. The van der Waals surface area contributed by atoms with Gasteiger partial charge in [-0.2, -0.15) is 0 Å². The van der Waals surface area contributed by atoms with E-state index in [0.717, 1.165) is 0 Å². The number of carbonyl (C=O) groups excluding carboxylic acids is 1. The topological polar surface area (TPSA) is 66.8 Å². The molecule has 1 amide bonds. The zero-order chi connectivity index (χ0) is 18.0. The molecule has 0 spiro atoms. The number of benzene rings is 2. The van der Waals surface area contributed by atoms with Gasteiger partial charge in [0.2, 0.25) is 5.91 Å². The fourth-order valence-electron chi connectivity index (χ4n) is 2.67. The van der Waals surface area contributed by atoms with E-state index in [1.807, 2.05) is 0 Å². The van der Waals surface area contributed by atoms with Crippen LogP contribution in [-0.4, -0.2) is 23.5 Å². The minimum absolute atomic E-state index is 0.000627. The Morgan fingerprint density at radius 3 is 2.60 bits per heavy atom. The van der Waals surface area contributed by atoms with Crippen molar-refractivity contribution in [1.82, 2.24) is 0 Å². The molecular weight excluding hydrogens is 349 g/mol. The average molecular weight is 364 g/mol. The van der Waals surface area contributed by atoms with Crippen LogP contribution in [0.25, 0.3) is 0 Å². The van der Waals surface area contributed by atoms with Gasteiger partial charge in [-0.3, -0.25) is 9.59 Å². The van der Waals surface area contributed by atoms with Gasteiger partial charge in [0.05, 0.1) is 10.9 Å². The van der Waals surface area contributed by atoms with E-state index in [1.165, 1.54) is 17.0 Å². The van der Waals surface area contributed by atoms with Gasteiger partial charge in [-0.15, -0.1) is 0 Å². The summed E-state index contributed by atoms with van der Waals surface area (Å²) in [5.41, 5.74) is 0.872. The minimum Gasteiger partial charge on any atom is -0.489 e. The molecule has 3 rings (SSSR count). The molecule has 25 heavy (non-hydrogen) atoms. The second kappa shape index (κ2) is 7.11. The number of amides is 1. The van der Waals surface area contributed by atoms with Crippen molar-refractivity contribution in [3.8, 4) is 5.75 Å². The standard InChI is InChI=1S/C18H15ClFNO4/c19-15-2-1-3-16(20)14(15)10-25-13-6-4-12(5-7-13)21-9-11(18(23)24)8-17(21)22/h1-7,11H,8-10H2,(H,23,24)/t11-/m1/s1. The lowest BCUT2D eigenvalue weighted by Gasteiger charge is -2.16. The summed E-state index contributed by atoms with van der Waals surface area (Å²) in [4.78, 5) is 24.4. The second-order valence-electron chi connectivity index (χ2n) is 5.73. The highest BCUT2D eigenvalue weighted by Gasteiger charge is 2.34. The third kappa shape index (κ3) is 3.74. The molecule has 2 aromatic carbocycles. The molecule has 130 valence electrons. The van der Waals surface area contributed by atoms with Crippen molar-refractivity contribution in [3.63, 3.8) is 0 Å². The van der Waals surface area contributed by atoms with E-state index in [1.54, 1.807) is 30.3 Å². The lowest BCUT2D eigenvalue weighted by Crippen LogP contribution is -2.25. The molecule has 5 nitrogen and oxygen atoms in total. The summed E-state index contributed by atoms with van der Waals surface area (Å²) in [7, 11) is 0. The van der Waals surface area contributed by atoms with Gasteiger partial charge in [0, 0.05) is 24.2 Å². The second-order valence-corrected chi connectivity index (χ2v) is 6.13. The van der Waals surface area contributed by atoms with Crippen molar-refractivity contribution in [2.45, 2.75) is 13.0 Å². The van der Waals surface area contributed by atoms with Crippen LogP contribution in [0, 0.1) is 11.7 Å². The lowest BCUT2D eigenvalue weighted by molar-refractivity contribution is -0.141. The first-order valence-corrected chi connectivity index (χ1v) is 8.02. The number of hydrogen-bond donors (Lipinski definition) is 1.